The molecule has 0 atom stereocenters. The summed E-state index contributed by atoms with van der Waals surface area (Å²) in [6.07, 6.45) is 0. The van der Waals surface area contributed by atoms with Gasteiger partial charge in [0.05, 0.1) is 13.2 Å². The molecule has 0 amide bonds. The number of hydrogen-bond donors (Lipinski definition) is 1. The van der Waals surface area contributed by atoms with E-state index in [1.54, 1.807) is 7.11 Å². The van der Waals surface area contributed by atoms with Crippen LogP contribution < -0.4 is 10.1 Å². The van der Waals surface area contributed by atoms with Crippen LogP contribution in [-0.4, -0.2) is 23.7 Å². The fourth-order valence-electron chi connectivity index (χ4n) is 2.02. The van der Waals surface area contributed by atoms with E-state index in [2.05, 4.69) is 27.4 Å². The fraction of sp³-hybridized carbons (Fsp3) is 0.375. The number of rotatable bonds is 7. The Kier molecular flexibility index (Phi) is 5.51. The van der Waals surface area contributed by atoms with E-state index in [9.17, 15) is 0 Å². The first-order valence-electron chi connectivity index (χ1n) is 7.00. The lowest BCUT2D eigenvalue weighted by Crippen LogP contribution is -2.06. The van der Waals surface area contributed by atoms with Crippen molar-refractivity contribution < 1.29 is 9.47 Å². The van der Waals surface area contributed by atoms with Crippen LogP contribution in [0.5, 0.6) is 5.88 Å². The quantitative estimate of drug-likeness (QED) is 0.848. The Morgan fingerprint density at radius 3 is 2.71 bits per heavy atom. The second kappa shape index (κ2) is 7.59. The van der Waals surface area contributed by atoms with Crippen LogP contribution in [0.4, 0.5) is 5.95 Å². The normalized spacial score (nSPS) is 10.4. The maximum absolute atomic E-state index is 5.42. The fourth-order valence-corrected chi connectivity index (χ4v) is 2.02. The van der Waals surface area contributed by atoms with Gasteiger partial charge < -0.3 is 14.8 Å². The Hall–Kier alpha value is -2.14. The molecule has 2 rings (SSSR count). The van der Waals surface area contributed by atoms with Gasteiger partial charge in [-0.2, -0.15) is 4.98 Å². The van der Waals surface area contributed by atoms with E-state index in [0.717, 1.165) is 16.8 Å². The third kappa shape index (κ3) is 4.72. The first-order chi connectivity index (χ1) is 10.2. The van der Waals surface area contributed by atoms with Crippen molar-refractivity contribution in [2.24, 2.45) is 0 Å². The van der Waals surface area contributed by atoms with E-state index < -0.39 is 0 Å². The molecule has 0 unspecified atom stereocenters. The smallest absolute Gasteiger partial charge is 0.226 e. The van der Waals surface area contributed by atoms with Gasteiger partial charge in [0.25, 0.3) is 0 Å². The summed E-state index contributed by atoms with van der Waals surface area (Å²) in [7, 11) is 1.70. The highest BCUT2D eigenvalue weighted by molar-refractivity contribution is 5.33. The van der Waals surface area contributed by atoms with Crippen molar-refractivity contribution in [1.82, 2.24) is 9.97 Å². The maximum atomic E-state index is 5.42. The third-order valence-corrected chi connectivity index (χ3v) is 2.88. The zero-order valence-electron chi connectivity index (χ0n) is 12.7. The maximum Gasteiger partial charge on any atom is 0.226 e. The number of methoxy groups -OCH3 is 1. The van der Waals surface area contributed by atoms with Gasteiger partial charge in [0.15, 0.2) is 0 Å². The van der Waals surface area contributed by atoms with Gasteiger partial charge in [0, 0.05) is 25.4 Å². The Balaban J connectivity index is 2.03. The molecule has 0 aliphatic heterocycles. The summed E-state index contributed by atoms with van der Waals surface area (Å²) in [6, 6.07) is 10.1. The van der Waals surface area contributed by atoms with Crippen LogP contribution in [0.15, 0.2) is 30.3 Å². The van der Waals surface area contributed by atoms with Gasteiger partial charge in [0.1, 0.15) is 0 Å². The van der Waals surface area contributed by atoms with Crippen LogP contribution in [0.1, 0.15) is 23.7 Å². The molecule has 1 heterocycles. The molecule has 5 heteroatoms. The molecule has 21 heavy (non-hydrogen) atoms. The molecule has 0 radical (unpaired) electrons. The third-order valence-electron chi connectivity index (χ3n) is 2.88. The molecule has 1 aromatic heterocycles. The predicted molar refractivity (Wildman–Crippen MR) is 82.4 cm³/mol. The van der Waals surface area contributed by atoms with E-state index in [1.165, 1.54) is 0 Å². The molecule has 112 valence electrons. The molecule has 0 aliphatic carbocycles. The molecule has 5 nitrogen and oxygen atoms in total. The van der Waals surface area contributed by atoms with Crippen LogP contribution in [0.25, 0.3) is 0 Å². The lowest BCUT2D eigenvalue weighted by Gasteiger charge is -2.09. The number of aromatic nitrogens is 2. The van der Waals surface area contributed by atoms with Gasteiger partial charge >= 0.3 is 0 Å². The number of anilines is 1. The summed E-state index contributed by atoms with van der Waals surface area (Å²) in [5.74, 6) is 1.18. The first-order valence-corrected chi connectivity index (χ1v) is 7.00. The van der Waals surface area contributed by atoms with Crippen molar-refractivity contribution in [3.8, 4) is 5.88 Å². The second-order valence-electron chi connectivity index (χ2n) is 4.71. The average molecular weight is 287 g/mol. The van der Waals surface area contributed by atoms with Crippen molar-refractivity contribution in [3.05, 3.63) is 47.2 Å². The summed E-state index contributed by atoms with van der Waals surface area (Å²) in [6.45, 7) is 5.73. The van der Waals surface area contributed by atoms with Crippen molar-refractivity contribution in [2.45, 2.75) is 27.0 Å². The number of ether oxygens (including phenoxy) is 2. The SMILES string of the molecule is CCOc1cc(C)nc(NCc2cccc(COC)c2)n1. The van der Waals surface area contributed by atoms with E-state index in [1.807, 2.05) is 32.0 Å². The number of hydrogen-bond acceptors (Lipinski definition) is 5. The van der Waals surface area contributed by atoms with Crippen LogP contribution >= 0.6 is 0 Å². The van der Waals surface area contributed by atoms with E-state index in [-0.39, 0.29) is 0 Å². The lowest BCUT2D eigenvalue weighted by atomic mass is 10.1. The summed E-state index contributed by atoms with van der Waals surface area (Å²) >= 11 is 0. The largest absolute Gasteiger partial charge is 0.478 e. The minimum Gasteiger partial charge on any atom is -0.478 e. The Bertz CT molecular complexity index is 587. The molecule has 1 aromatic carbocycles. The lowest BCUT2D eigenvalue weighted by molar-refractivity contribution is 0.185. The number of nitrogens with zero attached hydrogens (tertiary/aromatic N) is 2. The minimum atomic E-state index is 0.579. The average Bonchev–Trinajstić information content (AvgIpc) is 2.46. The van der Waals surface area contributed by atoms with Gasteiger partial charge in [-0.05, 0) is 25.0 Å². The molecule has 1 N–H and O–H groups in total. The molecule has 0 aliphatic rings. The van der Waals surface area contributed by atoms with Gasteiger partial charge in [-0.1, -0.05) is 24.3 Å². The molecular weight excluding hydrogens is 266 g/mol. The highest BCUT2D eigenvalue weighted by Crippen LogP contribution is 2.13. The molecule has 2 aromatic rings. The van der Waals surface area contributed by atoms with Crippen molar-refractivity contribution in [2.75, 3.05) is 19.0 Å². The van der Waals surface area contributed by atoms with Crippen LogP contribution in [-0.2, 0) is 17.9 Å². The zero-order chi connectivity index (χ0) is 15.1. The predicted octanol–water partition coefficient (Wildman–Crippen LogP) is 2.94. The Morgan fingerprint density at radius 2 is 1.95 bits per heavy atom. The number of aryl methyl sites for hydroxylation is 1. The summed E-state index contributed by atoms with van der Waals surface area (Å²) in [5.41, 5.74) is 3.19. The Labute approximate surface area is 125 Å². The molecule has 0 saturated heterocycles. The van der Waals surface area contributed by atoms with E-state index in [0.29, 0.717) is 31.6 Å². The van der Waals surface area contributed by atoms with Crippen molar-refractivity contribution in [3.63, 3.8) is 0 Å². The summed E-state index contributed by atoms with van der Waals surface area (Å²) in [5, 5.41) is 3.23. The number of benzene rings is 1. The van der Waals surface area contributed by atoms with E-state index >= 15 is 0 Å². The summed E-state index contributed by atoms with van der Waals surface area (Å²) in [4.78, 5) is 8.69. The molecule has 0 spiro atoms. The molecule has 0 saturated carbocycles. The summed E-state index contributed by atoms with van der Waals surface area (Å²) < 4.78 is 10.6. The van der Waals surface area contributed by atoms with Gasteiger partial charge in [-0.25, -0.2) is 4.98 Å². The zero-order valence-corrected chi connectivity index (χ0v) is 12.7. The molecule has 0 fully saturated rings. The van der Waals surface area contributed by atoms with Crippen LogP contribution in [0.3, 0.4) is 0 Å². The van der Waals surface area contributed by atoms with Crippen molar-refractivity contribution >= 4 is 5.95 Å². The highest BCUT2D eigenvalue weighted by atomic mass is 16.5. The van der Waals surface area contributed by atoms with Crippen molar-refractivity contribution in [1.29, 1.82) is 0 Å². The topological polar surface area (TPSA) is 56.3 Å². The van der Waals surface area contributed by atoms with Crippen LogP contribution in [0, 0.1) is 6.92 Å². The molecule has 0 bridgehead atoms. The second-order valence-corrected chi connectivity index (χ2v) is 4.71. The van der Waals surface area contributed by atoms with Gasteiger partial charge in [0.2, 0.25) is 11.8 Å². The highest BCUT2D eigenvalue weighted by Gasteiger charge is 2.03. The van der Waals surface area contributed by atoms with Crippen LogP contribution in [0.2, 0.25) is 0 Å². The first kappa shape index (κ1) is 15.3. The standard InChI is InChI=1S/C16H21N3O2/c1-4-21-15-8-12(2)18-16(19-15)17-10-13-6-5-7-14(9-13)11-20-3/h5-9H,4,10-11H2,1-3H3,(H,17,18,19). The monoisotopic (exact) mass is 287 g/mol. The van der Waals surface area contributed by atoms with Gasteiger partial charge in [-0.3, -0.25) is 0 Å². The number of nitrogens with one attached hydrogen (secondary N) is 1. The Morgan fingerprint density at radius 1 is 1.14 bits per heavy atom. The molecular formula is C16H21N3O2. The van der Waals surface area contributed by atoms with Gasteiger partial charge in [-0.15, -0.1) is 0 Å². The van der Waals surface area contributed by atoms with E-state index in [4.69, 9.17) is 9.47 Å². The minimum absolute atomic E-state index is 0.579.